The van der Waals surface area contributed by atoms with E-state index in [2.05, 4.69) is 15.6 Å². The van der Waals surface area contributed by atoms with Crippen LogP contribution in [0.5, 0.6) is 0 Å². The smallest absolute Gasteiger partial charge is 0.246 e. The van der Waals surface area contributed by atoms with Gasteiger partial charge in [-0.05, 0) is 24.1 Å². The second-order valence-electron chi connectivity index (χ2n) is 4.78. The number of benzene rings is 1. The second kappa shape index (κ2) is 5.68. The van der Waals surface area contributed by atoms with Crippen LogP contribution in [0.1, 0.15) is 25.5 Å². The van der Waals surface area contributed by atoms with Crippen molar-refractivity contribution < 1.29 is 9.18 Å². The molecule has 0 fully saturated rings. The Labute approximate surface area is 115 Å². The molecule has 3 N–H and O–H groups in total. The van der Waals surface area contributed by atoms with E-state index in [-0.39, 0.29) is 24.1 Å². The SMILES string of the molecule is CC(C)c1cn(CC(=O)Nc2ccc(N)c(F)c2)nn1. The average molecular weight is 277 g/mol. The van der Waals surface area contributed by atoms with E-state index in [1.807, 2.05) is 13.8 Å². The van der Waals surface area contributed by atoms with E-state index in [1.54, 1.807) is 6.20 Å². The predicted octanol–water partition coefficient (Wildman–Crippen LogP) is 1.76. The Balaban J connectivity index is 1.99. The van der Waals surface area contributed by atoms with Crippen LogP contribution in [0.15, 0.2) is 24.4 Å². The first kappa shape index (κ1) is 14.0. The van der Waals surface area contributed by atoms with Crippen molar-refractivity contribution in [2.24, 2.45) is 0 Å². The van der Waals surface area contributed by atoms with Crippen LogP contribution in [0.2, 0.25) is 0 Å². The highest BCUT2D eigenvalue weighted by atomic mass is 19.1. The van der Waals surface area contributed by atoms with Gasteiger partial charge in [-0.15, -0.1) is 5.10 Å². The fourth-order valence-corrected chi connectivity index (χ4v) is 1.61. The largest absolute Gasteiger partial charge is 0.396 e. The molecule has 1 heterocycles. The molecule has 0 unspecified atom stereocenters. The molecular formula is C13H16FN5O. The number of rotatable bonds is 4. The minimum Gasteiger partial charge on any atom is -0.396 e. The summed E-state index contributed by atoms with van der Waals surface area (Å²) in [7, 11) is 0. The topological polar surface area (TPSA) is 85.8 Å². The summed E-state index contributed by atoms with van der Waals surface area (Å²) in [5.74, 6) is -0.627. The van der Waals surface area contributed by atoms with Crippen LogP contribution < -0.4 is 11.1 Å². The Hall–Kier alpha value is -2.44. The number of amides is 1. The van der Waals surface area contributed by atoms with Gasteiger partial charge in [0, 0.05) is 11.9 Å². The van der Waals surface area contributed by atoms with E-state index >= 15 is 0 Å². The molecule has 1 amide bonds. The average Bonchev–Trinajstić information content (AvgIpc) is 2.82. The van der Waals surface area contributed by atoms with Crippen molar-refractivity contribution >= 4 is 17.3 Å². The molecule has 1 aromatic carbocycles. The van der Waals surface area contributed by atoms with Gasteiger partial charge in [-0.2, -0.15) is 0 Å². The lowest BCUT2D eigenvalue weighted by molar-refractivity contribution is -0.116. The quantitative estimate of drug-likeness (QED) is 0.834. The van der Waals surface area contributed by atoms with Crippen LogP contribution in [0.25, 0.3) is 0 Å². The van der Waals surface area contributed by atoms with Crippen molar-refractivity contribution in [3.8, 4) is 0 Å². The van der Waals surface area contributed by atoms with E-state index < -0.39 is 5.82 Å². The highest BCUT2D eigenvalue weighted by Crippen LogP contribution is 2.16. The molecule has 0 aliphatic carbocycles. The number of hydrogen-bond acceptors (Lipinski definition) is 4. The first-order valence-electron chi connectivity index (χ1n) is 6.20. The lowest BCUT2D eigenvalue weighted by Crippen LogP contribution is -2.19. The van der Waals surface area contributed by atoms with E-state index in [1.165, 1.54) is 22.9 Å². The molecule has 106 valence electrons. The minimum absolute atomic E-state index is 0.0196. The number of nitrogens with zero attached hydrogens (tertiary/aromatic N) is 3. The van der Waals surface area contributed by atoms with E-state index in [4.69, 9.17) is 5.73 Å². The van der Waals surface area contributed by atoms with Gasteiger partial charge < -0.3 is 11.1 Å². The molecule has 2 rings (SSSR count). The van der Waals surface area contributed by atoms with Crippen LogP contribution in [0.3, 0.4) is 0 Å². The van der Waals surface area contributed by atoms with Gasteiger partial charge in [0.2, 0.25) is 5.91 Å². The Kier molecular flexibility index (Phi) is 3.97. The molecule has 0 aliphatic heterocycles. The Morgan fingerprint density at radius 3 is 2.85 bits per heavy atom. The zero-order valence-electron chi connectivity index (χ0n) is 11.3. The molecule has 2 aromatic rings. The molecule has 0 atom stereocenters. The summed E-state index contributed by atoms with van der Waals surface area (Å²) in [4.78, 5) is 11.8. The fourth-order valence-electron chi connectivity index (χ4n) is 1.61. The van der Waals surface area contributed by atoms with Crippen molar-refractivity contribution in [1.29, 1.82) is 0 Å². The Bertz CT molecular complexity index is 623. The summed E-state index contributed by atoms with van der Waals surface area (Å²) >= 11 is 0. The molecule has 20 heavy (non-hydrogen) atoms. The number of halogens is 1. The number of anilines is 2. The molecule has 0 radical (unpaired) electrons. The van der Waals surface area contributed by atoms with Gasteiger partial charge in [-0.25, -0.2) is 9.07 Å². The maximum absolute atomic E-state index is 13.2. The van der Waals surface area contributed by atoms with E-state index in [9.17, 15) is 9.18 Å². The highest BCUT2D eigenvalue weighted by molar-refractivity contribution is 5.90. The molecule has 6 nitrogen and oxygen atoms in total. The predicted molar refractivity (Wildman–Crippen MR) is 73.6 cm³/mol. The van der Waals surface area contributed by atoms with Gasteiger partial charge in [0.05, 0.1) is 11.4 Å². The summed E-state index contributed by atoms with van der Waals surface area (Å²) in [6.07, 6.45) is 1.72. The molecular weight excluding hydrogens is 261 g/mol. The number of nitrogen functional groups attached to an aromatic ring is 1. The summed E-state index contributed by atoms with van der Waals surface area (Å²) in [5.41, 5.74) is 6.58. The monoisotopic (exact) mass is 277 g/mol. The maximum atomic E-state index is 13.2. The molecule has 1 aromatic heterocycles. The second-order valence-corrected chi connectivity index (χ2v) is 4.78. The number of hydrogen-bond donors (Lipinski definition) is 2. The molecule has 0 bridgehead atoms. The lowest BCUT2D eigenvalue weighted by atomic mass is 10.2. The lowest BCUT2D eigenvalue weighted by Gasteiger charge is -2.06. The Morgan fingerprint density at radius 1 is 1.50 bits per heavy atom. The molecule has 0 saturated carbocycles. The van der Waals surface area contributed by atoms with Gasteiger partial charge in [-0.3, -0.25) is 4.79 Å². The van der Waals surface area contributed by atoms with Crippen LogP contribution in [-0.4, -0.2) is 20.9 Å². The van der Waals surface area contributed by atoms with E-state index in [0.29, 0.717) is 5.69 Å². The summed E-state index contributed by atoms with van der Waals surface area (Å²) < 4.78 is 14.7. The van der Waals surface area contributed by atoms with Crippen LogP contribution in [0.4, 0.5) is 15.8 Å². The molecule has 7 heteroatoms. The van der Waals surface area contributed by atoms with Gasteiger partial charge >= 0.3 is 0 Å². The van der Waals surface area contributed by atoms with Crippen LogP contribution in [-0.2, 0) is 11.3 Å². The summed E-state index contributed by atoms with van der Waals surface area (Å²) in [5, 5.41) is 10.4. The minimum atomic E-state index is -0.564. The van der Waals surface area contributed by atoms with Crippen molar-refractivity contribution in [2.75, 3.05) is 11.1 Å². The normalized spacial score (nSPS) is 10.8. The third-order valence-corrected chi connectivity index (χ3v) is 2.74. The number of nitrogens with one attached hydrogen (secondary N) is 1. The zero-order chi connectivity index (χ0) is 14.7. The number of carbonyl (C=O) groups excluding carboxylic acids is 1. The number of aromatic nitrogens is 3. The number of nitrogens with two attached hydrogens (primary N) is 1. The van der Waals surface area contributed by atoms with Gasteiger partial charge in [0.25, 0.3) is 0 Å². The first-order valence-corrected chi connectivity index (χ1v) is 6.20. The van der Waals surface area contributed by atoms with Gasteiger partial charge in [0.1, 0.15) is 12.4 Å². The van der Waals surface area contributed by atoms with Crippen LogP contribution >= 0.6 is 0 Å². The molecule has 0 aliphatic rings. The van der Waals surface area contributed by atoms with Crippen molar-refractivity contribution in [1.82, 2.24) is 15.0 Å². The summed E-state index contributed by atoms with van der Waals surface area (Å²) in [6.45, 7) is 4.00. The zero-order valence-corrected chi connectivity index (χ0v) is 11.3. The van der Waals surface area contributed by atoms with Crippen molar-refractivity contribution in [3.05, 3.63) is 35.9 Å². The Morgan fingerprint density at radius 2 is 2.25 bits per heavy atom. The first-order chi connectivity index (χ1) is 9.45. The van der Waals surface area contributed by atoms with Gasteiger partial charge in [-0.1, -0.05) is 19.1 Å². The molecule has 0 saturated heterocycles. The van der Waals surface area contributed by atoms with E-state index in [0.717, 1.165) is 5.69 Å². The third-order valence-electron chi connectivity index (χ3n) is 2.74. The van der Waals surface area contributed by atoms with Crippen LogP contribution in [0, 0.1) is 5.82 Å². The molecule has 0 spiro atoms. The maximum Gasteiger partial charge on any atom is 0.246 e. The van der Waals surface area contributed by atoms with Gasteiger partial charge in [0.15, 0.2) is 0 Å². The van der Waals surface area contributed by atoms with Crippen molar-refractivity contribution in [2.45, 2.75) is 26.3 Å². The summed E-state index contributed by atoms with van der Waals surface area (Å²) in [6, 6.07) is 4.11. The van der Waals surface area contributed by atoms with Crippen molar-refractivity contribution in [3.63, 3.8) is 0 Å². The standard InChI is InChI=1S/C13H16FN5O/c1-8(2)12-6-19(18-17-12)7-13(20)16-9-3-4-11(15)10(14)5-9/h3-6,8H,7,15H2,1-2H3,(H,16,20). The highest BCUT2D eigenvalue weighted by Gasteiger charge is 2.09. The fraction of sp³-hybridized carbons (Fsp3) is 0.308. The third kappa shape index (κ3) is 3.31. The number of carbonyl (C=O) groups is 1.